The van der Waals surface area contributed by atoms with E-state index in [2.05, 4.69) is 20.9 Å². The summed E-state index contributed by atoms with van der Waals surface area (Å²) in [6.07, 6.45) is 2.12. The molecule has 2 amide bonds. The molecule has 0 unspecified atom stereocenters. The third kappa shape index (κ3) is 5.31. The van der Waals surface area contributed by atoms with Crippen LogP contribution in [0.5, 0.6) is 23.1 Å². The summed E-state index contributed by atoms with van der Waals surface area (Å²) < 4.78 is 43.8. The van der Waals surface area contributed by atoms with Crippen molar-refractivity contribution in [3.63, 3.8) is 0 Å². The summed E-state index contributed by atoms with van der Waals surface area (Å²) >= 11 is 0. The number of carbonyl (C=O) groups is 2. The number of rotatable bonds is 7. The Morgan fingerprint density at radius 1 is 1.05 bits per heavy atom. The van der Waals surface area contributed by atoms with E-state index in [1.54, 1.807) is 30.3 Å². The van der Waals surface area contributed by atoms with Gasteiger partial charge in [0, 0.05) is 30.4 Å². The Hall–Kier alpha value is -4.25. The van der Waals surface area contributed by atoms with Crippen molar-refractivity contribution in [1.29, 1.82) is 0 Å². The van der Waals surface area contributed by atoms with Gasteiger partial charge >= 0.3 is 0 Å². The summed E-state index contributed by atoms with van der Waals surface area (Å²) in [5.74, 6) is -0.922. The second-order valence-electron chi connectivity index (χ2n) is 8.68. The van der Waals surface area contributed by atoms with Gasteiger partial charge in [-0.15, -0.1) is 0 Å². The lowest BCUT2D eigenvalue weighted by Gasteiger charge is -2.37. The molecule has 0 radical (unpaired) electrons. The number of benzene rings is 2. The topological polar surface area (TPSA) is 111 Å². The first-order chi connectivity index (χ1) is 17.9. The van der Waals surface area contributed by atoms with E-state index < -0.39 is 29.0 Å². The zero-order valence-corrected chi connectivity index (χ0v) is 19.7. The lowest BCUT2D eigenvalue weighted by Crippen LogP contribution is -2.62. The average molecular weight is 510 g/mol. The van der Waals surface area contributed by atoms with Gasteiger partial charge in [0.1, 0.15) is 28.5 Å². The lowest BCUT2D eigenvalue weighted by atomic mass is 9.86. The molecule has 2 aromatic carbocycles. The number of piperidine rings is 1. The Bertz CT molecular complexity index is 1330. The number of amides is 2. The molecular weight excluding hydrogens is 486 g/mol. The number of hydrogen-bond donors (Lipinski definition) is 3. The Kier molecular flexibility index (Phi) is 6.87. The van der Waals surface area contributed by atoms with E-state index in [1.807, 2.05) is 0 Å². The quantitative estimate of drug-likeness (QED) is 0.448. The van der Waals surface area contributed by atoms with Crippen molar-refractivity contribution < 1.29 is 32.6 Å². The van der Waals surface area contributed by atoms with Gasteiger partial charge in [-0.3, -0.25) is 9.59 Å². The number of aromatic nitrogens is 1. The van der Waals surface area contributed by atoms with E-state index in [9.17, 15) is 18.4 Å². The molecule has 1 fully saturated rings. The molecule has 0 bridgehead atoms. The lowest BCUT2D eigenvalue weighted by molar-refractivity contribution is -0.128. The number of fused-ring (bicyclic) bond motifs is 1. The fraction of sp³-hybridized carbons (Fsp3) is 0.269. The Labute approximate surface area is 211 Å². The molecule has 5 rings (SSSR count). The summed E-state index contributed by atoms with van der Waals surface area (Å²) in [6.45, 7) is 0.947. The maximum Gasteiger partial charge on any atom is 0.257 e. The Balaban J connectivity index is 1.33. The molecule has 2 aliphatic rings. The summed E-state index contributed by atoms with van der Waals surface area (Å²) in [7, 11) is 0. The molecule has 1 saturated heterocycles. The number of nitrogens with one attached hydrogen (secondary N) is 3. The van der Waals surface area contributed by atoms with Gasteiger partial charge in [-0.2, -0.15) is 0 Å². The molecule has 192 valence electrons. The van der Waals surface area contributed by atoms with E-state index in [-0.39, 0.29) is 30.3 Å². The van der Waals surface area contributed by atoms with Crippen LogP contribution in [0.4, 0.5) is 8.78 Å². The van der Waals surface area contributed by atoms with Crippen LogP contribution in [0.25, 0.3) is 0 Å². The molecule has 0 atom stereocenters. The first kappa shape index (κ1) is 24.4. The average Bonchev–Trinajstić information content (AvgIpc) is 3.37. The molecule has 11 heteroatoms. The Morgan fingerprint density at radius 2 is 1.86 bits per heavy atom. The first-order valence-electron chi connectivity index (χ1n) is 11.7. The maximum absolute atomic E-state index is 14.1. The third-order valence-corrected chi connectivity index (χ3v) is 6.27. The van der Waals surface area contributed by atoms with Crippen molar-refractivity contribution in [3.05, 3.63) is 77.5 Å². The van der Waals surface area contributed by atoms with Crippen molar-refractivity contribution in [1.82, 2.24) is 20.9 Å². The smallest absolute Gasteiger partial charge is 0.257 e. The van der Waals surface area contributed by atoms with E-state index in [1.165, 1.54) is 12.3 Å². The van der Waals surface area contributed by atoms with Gasteiger partial charge in [-0.1, -0.05) is 6.07 Å². The first-order valence-corrected chi connectivity index (χ1v) is 11.7. The molecule has 0 aliphatic carbocycles. The van der Waals surface area contributed by atoms with Crippen LogP contribution in [0.2, 0.25) is 0 Å². The van der Waals surface area contributed by atoms with Crippen LogP contribution in [0.1, 0.15) is 28.8 Å². The SMILES string of the molecule is O=C(NC1(C(=O)NCc2ccc(F)cc2F)CCNCC1)c1cccnc1Oc1ccc2c(c1)OCO2. The highest BCUT2D eigenvalue weighted by atomic mass is 19.1. The monoisotopic (exact) mass is 510 g/mol. The molecule has 3 aromatic rings. The molecule has 2 aliphatic heterocycles. The number of ether oxygens (including phenoxy) is 3. The predicted molar refractivity (Wildman–Crippen MR) is 127 cm³/mol. The van der Waals surface area contributed by atoms with Gasteiger partial charge in [0.15, 0.2) is 11.5 Å². The van der Waals surface area contributed by atoms with E-state index in [4.69, 9.17) is 14.2 Å². The molecule has 0 saturated carbocycles. The van der Waals surface area contributed by atoms with E-state index in [0.29, 0.717) is 43.2 Å². The van der Waals surface area contributed by atoms with Gasteiger partial charge in [-0.25, -0.2) is 13.8 Å². The fourth-order valence-electron chi connectivity index (χ4n) is 4.25. The van der Waals surface area contributed by atoms with Gasteiger partial charge in [0.2, 0.25) is 18.6 Å². The summed E-state index contributed by atoms with van der Waals surface area (Å²) in [4.78, 5) is 30.9. The largest absolute Gasteiger partial charge is 0.454 e. The van der Waals surface area contributed by atoms with Crippen molar-refractivity contribution >= 4 is 11.8 Å². The molecule has 9 nitrogen and oxygen atoms in total. The van der Waals surface area contributed by atoms with Crippen molar-refractivity contribution in [2.45, 2.75) is 24.9 Å². The molecule has 3 heterocycles. The number of halogens is 2. The highest BCUT2D eigenvalue weighted by molar-refractivity contribution is 6.00. The summed E-state index contributed by atoms with van der Waals surface area (Å²) in [5.41, 5.74) is -0.975. The highest BCUT2D eigenvalue weighted by Gasteiger charge is 2.41. The minimum Gasteiger partial charge on any atom is -0.454 e. The number of pyridine rings is 1. The maximum atomic E-state index is 14.1. The standard InChI is InChI=1S/C26H24F2N4O5/c27-17-4-3-16(20(28)12-17)14-31-25(34)26(7-10-29-11-8-26)32-23(33)19-2-1-9-30-24(19)37-18-5-6-21-22(13-18)36-15-35-21/h1-6,9,12-13,29H,7-8,10-11,14-15H2,(H,31,34)(H,32,33). The minimum absolute atomic E-state index is 0.0525. The minimum atomic E-state index is -1.25. The van der Waals surface area contributed by atoms with Gasteiger partial charge < -0.3 is 30.2 Å². The summed E-state index contributed by atoms with van der Waals surface area (Å²) in [6, 6.07) is 11.3. The fourth-order valence-corrected chi connectivity index (χ4v) is 4.25. The number of nitrogens with zero attached hydrogens (tertiary/aromatic N) is 1. The normalized spacial score (nSPS) is 15.6. The molecule has 3 N–H and O–H groups in total. The molecular formula is C26H24F2N4O5. The van der Waals surface area contributed by atoms with Crippen LogP contribution in [-0.4, -0.2) is 42.2 Å². The Morgan fingerprint density at radius 3 is 2.68 bits per heavy atom. The van der Waals surface area contributed by atoms with Crippen LogP contribution in [-0.2, 0) is 11.3 Å². The molecule has 37 heavy (non-hydrogen) atoms. The molecule has 1 aromatic heterocycles. The van der Waals surface area contributed by atoms with Crippen LogP contribution in [0, 0.1) is 11.6 Å². The second-order valence-corrected chi connectivity index (χ2v) is 8.68. The van der Waals surface area contributed by atoms with E-state index in [0.717, 1.165) is 12.1 Å². The van der Waals surface area contributed by atoms with Crippen LogP contribution in [0.15, 0.2) is 54.7 Å². The van der Waals surface area contributed by atoms with Crippen molar-refractivity contribution in [2.24, 2.45) is 0 Å². The van der Waals surface area contributed by atoms with Crippen LogP contribution >= 0.6 is 0 Å². The van der Waals surface area contributed by atoms with Crippen LogP contribution < -0.4 is 30.2 Å². The van der Waals surface area contributed by atoms with E-state index >= 15 is 0 Å². The highest BCUT2D eigenvalue weighted by Crippen LogP contribution is 2.36. The van der Waals surface area contributed by atoms with Gasteiger partial charge in [0.05, 0.1) is 0 Å². The molecule has 0 spiro atoms. The van der Waals surface area contributed by atoms with Crippen molar-refractivity contribution in [2.75, 3.05) is 19.9 Å². The zero-order valence-electron chi connectivity index (χ0n) is 19.7. The number of carbonyl (C=O) groups excluding carboxylic acids is 2. The van der Waals surface area contributed by atoms with Crippen molar-refractivity contribution in [3.8, 4) is 23.1 Å². The zero-order chi connectivity index (χ0) is 25.8. The summed E-state index contributed by atoms with van der Waals surface area (Å²) in [5, 5.41) is 8.72. The second kappa shape index (κ2) is 10.4. The van der Waals surface area contributed by atoms with Gasteiger partial charge in [-0.05, 0) is 56.3 Å². The predicted octanol–water partition coefficient (Wildman–Crippen LogP) is 3.05. The van der Waals surface area contributed by atoms with Gasteiger partial charge in [0.25, 0.3) is 5.91 Å². The van der Waals surface area contributed by atoms with Crippen LogP contribution in [0.3, 0.4) is 0 Å². The number of hydrogen-bond acceptors (Lipinski definition) is 7. The third-order valence-electron chi connectivity index (χ3n) is 6.27.